The molecule has 0 bridgehead atoms. The minimum atomic E-state index is 0.257. The Bertz CT molecular complexity index is 1690. The van der Waals surface area contributed by atoms with Crippen molar-refractivity contribution >= 4 is 27.8 Å². The van der Waals surface area contributed by atoms with E-state index >= 15 is 0 Å². The van der Waals surface area contributed by atoms with Crippen LogP contribution >= 0.6 is 0 Å². The van der Waals surface area contributed by atoms with Crippen LogP contribution in [0.25, 0.3) is 44.5 Å². The minimum absolute atomic E-state index is 0.257. The summed E-state index contributed by atoms with van der Waals surface area (Å²) in [6.07, 6.45) is 4.61. The van der Waals surface area contributed by atoms with Crippen molar-refractivity contribution in [1.29, 1.82) is 0 Å². The van der Waals surface area contributed by atoms with Crippen LogP contribution in [-0.4, -0.2) is 49.7 Å². The van der Waals surface area contributed by atoms with Crippen molar-refractivity contribution < 1.29 is 15.1 Å². The molecule has 0 saturated carbocycles. The number of rotatable bonds is 6. The third-order valence-electron chi connectivity index (χ3n) is 6.22. The third kappa shape index (κ3) is 9.24. The van der Waals surface area contributed by atoms with Gasteiger partial charge in [-0.05, 0) is 104 Å². The molecule has 9 nitrogen and oxygen atoms in total. The number of anilines is 1. The molecule has 0 unspecified atom stereocenters. The summed E-state index contributed by atoms with van der Waals surface area (Å²) in [5, 5.41) is 24.5. The highest BCUT2D eigenvalue weighted by molar-refractivity contribution is 5.86. The first-order valence-corrected chi connectivity index (χ1v) is 15.0. The smallest absolute Gasteiger partial charge is 0.140 e. The molecule has 0 radical (unpaired) electrons. The Morgan fingerprint density at radius 1 is 0.841 bits per heavy atom. The summed E-state index contributed by atoms with van der Waals surface area (Å²) >= 11 is 0. The molecule has 0 saturated heterocycles. The fraction of sp³-hybridized carbons (Fsp3) is 0.257. The van der Waals surface area contributed by atoms with Gasteiger partial charge in [0.05, 0.1) is 18.5 Å². The maximum Gasteiger partial charge on any atom is 0.140 e. The van der Waals surface area contributed by atoms with Crippen molar-refractivity contribution in [2.75, 3.05) is 25.4 Å². The van der Waals surface area contributed by atoms with Gasteiger partial charge >= 0.3 is 0 Å². The maximum absolute atomic E-state index is 10.2. The number of nitrogens with zero attached hydrogens (tertiary/aromatic N) is 3. The molecule has 0 amide bonds. The van der Waals surface area contributed by atoms with Crippen LogP contribution in [0.3, 0.4) is 0 Å². The topological polar surface area (TPSA) is 134 Å². The number of aromatic nitrogens is 4. The zero-order chi connectivity index (χ0) is 31.9. The Kier molecular flexibility index (Phi) is 13.1. The predicted octanol–water partition coefficient (Wildman–Crippen LogP) is 7.89. The number of hydrogen-bond acceptors (Lipinski definition) is 7. The Morgan fingerprint density at radius 3 is 2.09 bits per heavy atom. The normalized spacial score (nSPS) is 10.2. The fourth-order valence-electron chi connectivity index (χ4n) is 4.20. The van der Waals surface area contributed by atoms with E-state index in [1.807, 2.05) is 67.6 Å². The number of pyridine rings is 2. The van der Waals surface area contributed by atoms with Gasteiger partial charge in [0, 0.05) is 28.2 Å². The maximum atomic E-state index is 10.2. The zero-order valence-corrected chi connectivity index (χ0v) is 26.2. The van der Waals surface area contributed by atoms with Crippen LogP contribution in [0, 0.1) is 0 Å². The van der Waals surface area contributed by atoms with E-state index < -0.39 is 0 Å². The molecule has 0 aliphatic rings. The Labute approximate surface area is 259 Å². The molecule has 232 valence electrons. The summed E-state index contributed by atoms with van der Waals surface area (Å²) in [4.78, 5) is 11.4. The van der Waals surface area contributed by atoms with Crippen molar-refractivity contribution in [2.24, 2.45) is 0 Å². The summed E-state index contributed by atoms with van der Waals surface area (Å²) in [6.45, 7) is 13.2. The highest BCUT2D eigenvalue weighted by Gasteiger charge is 2.10. The lowest BCUT2D eigenvalue weighted by molar-refractivity contribution is 0.204. The van der Waals surface area contributed by atoms with Crippen LogP contribution < -0.4 is 15.8 Å². The molecule has 2 aromatic carbocycles. The van der Waals surface area contributed by atoms with Crippen molar-refractivity contribution in [1.82, 2.24) is 25.0 Å². The molecule has 4 aromatic heterocycles. The van der Waals surface area contributed by atoms with E-state index in [-0.39, 0.29) is 5.75 Å². The van der Waals surface area contributed by atoms with Gasteiger partial charge in [0.1, 0.15) is 28.5 Å². The SMILES string of the molecule is CCC.CCNCC.CCOc1ccc(-c2cc3ccncc3n2O)cc1.Nc1ccc2cc(-c3ccc(O)cc3)[nH]c2n1. The van der Waals surface area contributed by atoms with Gasteiger partial charge in [-0.1, -0.05) is 34.1 Å². The van der Waals surface area contributed by atoms with E-state index in [0.717, 1.165) is 62.5 Å². The quantitative estimate of drug-likeness (QED) is 0.123. The van der Waals surface area contributed by atoms with Gasteiger partial charge in [-0.2, -0.15) is 4.73 Å². The molecule has 0 fully saturated rings. The number of aromatic hydroxyl groups is 1. The van der Waals surface area contributed by atoms with Gasteiger partial charge in [0.15, 0.2) is 0 Å². The van der Waals surface area contributed by atoms with Crippen LogP contribution in [0.5, 0.6) is 11.5 Å². The molecule has 6 aromatic rings. The van der Waals surface area contributed by atoms with Gasteiger partial charge in [0.25, 0.3) is 0 Å². The number of phenols is 1. The molecule has 0 aliphatic heterocycles. The third-order valence-corrected chi connectivity index (χ3v) is 6.22. The second-order valence-corrected chi connectivity index (χ2v) is 9.80. The van der Waals surface area contributed by atoms with E-state index in [2.05, 4.69) is 48.0 Å². The number of nitrogens with one attached hydrogen (secondary N) is 2. The predicted molar refractivity (Wildman–Crippen MR) is 181 cm³/mol. The molecule has 4 heterocycles. The highest BCUT2D eigenvalue weighted by Crippen LogP contribution is 2.28. The van der Waals surface area contributed by atoms with Crippen molar-refractivity contribution in [3.05, 3.63) is 91.3 Å². The first-order chi connectivity index (χ1) is 21.3. The molecule has 6 N–H and O–H groups in total. The standard InChI is InChI=1S/C15H14N2O2.C13H11N3O.C4H11N.C3H8/c1-2-19-13-5-3-11(4-6-13)14-9-12-7-8-16-10-15(12)17(14)18;14-12-6-3-9-7-11(15-13(9)16-12)8-1-4-10(17)5-2-8;1-3-5-4-2;1-3-2/h3-10,18H,2H2,1H3;1-7,17H,(H3,14,15,16);5H,3-4H2,1-2H3;3H2,1-2H3. The van der Waals surface area contributed by atoms with E-state index in [9.17, 15) is 10.3 Å². The molecule has 0 aliphatic carbocycles. The lowest BCUT2D eigenvalue weighted by atomic mass is 10.1. The second-order valence-electron chi connectivity index (χ2n) is 9.80. The molecule has 6 rings (SSSR count). The molecule has 9 heteroatoms. The van der Waals surface area contributed by atoms with Crippen molar-refractivity contribution in [3.63, 3.8) is 0 Å². The van der Waals surface area contributed by atoms with Gasteiger partial charge in [-0.3, -0.25) is 4.98 Å². The molecular weight excluding hydrogens is 552 g/mol. The number of nitrogen functional groups attached to an aromatic ring is 1. The van der Waals surface area contributed by atoms with Crippen LogP contribution in [0.1, 0.15) is 41.0 Å². The average Bonchev–Trinajstić information content (AvgIpc) is 3.60. The second kappa shape index (κ2) is 17.2. The number of ether oxygens (including phenoxy) is 1. The van der Waals surface area contributed by atoms with Crippen molar-refractivity contribution in [3.8, 4) is 34.0 Å². The number of aromatic amines is 1. The lowest BCUT2D eigenvalue weighted by Gasteiger charge is -2.05. The van der Waals surface area contributed by atoms with Crippen LogP contribution in [-0.2, 0) is 0 Å². The van der Waals surface area contributed by atoms with Crippen LogP contribution in [0.4, 0.5) is 5.82 Å². The molecular formula is C35H44N6O3. The highest BCUT2D eigenvalue weighted by atomic mass is 16.5. The van der Waals surface area contributed by atoms with Crippen molar-refractivity contribution in [2.45, 2.75) is 41.0 Å². The Balaban J connectivity index is 0.000000195. The molecule has 44 heavy (non-hydrogen) atoms. The van der Waals surface area contributed by atoms with Gasteiger partial charge in [-0.25, -0.2) is 4.98 Å². The largest absolute Gasteiger partial charge is 0.508 e. The number of benzene rings is 2. The Morgan fingerprint density at radius 2 is 1.50 bits per heavy atom. The van der Waals surface area contributed by atoms with E-state index in [1.54, 1.807) is 30.6 Å². The monoisotopic (exact) mass is 596 g/mol. The summed E-state index contributed by atoms with van der Waals surface area (Å²) in [6, 6.07) is 24.2. The zero-order valence-electron chi connectivity index (χ0n) is 26.2. The minimum Gasteiger partial charge on any atom is -0.508 e. The summed E-state index contributed by atoms with van der Waals surface area (Å²) in [5.41, 5.74) is 10.7. The number of H-pyrrole nitrogens is 1. The summed E-state index contributed by atoms with van der Waals surface area (Å²) in [5.74, 6) is 1.58. The van der Waals surface area contributed by atoms with Crippen LogP contribution in [0.2, 0.25) is 0 Å². The first kappa shape index (κ1) is 33.5. The first-order valence-electron chi connectivity index (χ1n) is 15.0. The number of fused-ring (bicyclic) bond motifs is 2. The van der Waals surface area contributed by atoms with E-state index in [0.29, 0.717) is 17.9 Å². The Hall–Kier alpha value is -5.02. The number of nitrogens with two attached hydrogens (primary N) is 1. The van der Waals surface area contributed by atoms with Gasteiger partial charge in [-0.15, -0.1) is 0 Å². The lowest BCUT2D eigenvalue weighted by Crippen LogP contribution is -2.09. The van der Waals surface area contributed by atoms with Crippen LogP contribution in [0.15, 0.2) is 91.3 Å². The van der Waals surface area contributed by atoms with E-state index in [4.69, 9.17) is 10.5 Å². The van der Waals surface area contributed by atoms with E-state index in [1.165, 1.54) is 6.42 Å². The fourth-order valence-corrected chi connectivity index (χ4v) is 4.20. The number of hydrogen-bond donors (Lipinski definition) is 5. The van der Waals surface area contributed by atoms with Gasteiger partial charge < -0.3 is 31.1 Å². The summed E-state index contributed by atoms with van der Waals surface area (Å²) in [7, 11) is 0. The molecule has 0 atom stereocenters. The summed E-state index contributed by atoms with van der Waals surface area (Å²) < 4.78 is 6.57. The number of phenolic OH excluding ortho intramolecular Hbond substituents is 1. The average molecular weight is 597 g/mol. The van der Waals surface area contributed by atoms with Gasteiger partial charge in [0.2, 0.25) is 0 Å². The molecule has 0 spiro atoms.